The summed E-state index contributed by atoms with van der Waals surface area (Å²) in [5.74, 6) is 0.854. The molecule has 5 atom stereocenters. The lowest BCUT2D eigenvalue weighted by Gasteiger charge is -2.38. The lowest BCUT2D eigenvalue weighted by Crippen LogP contribution is -2.37. The van der Waals surface area contributed by atoms with Gasteiger partial charge in [-0.3, -0.25) is 14.3 Å². The Kier molecular flexibility index (Phi) is 15.2. The van der Waals surface area contributed by atoms with Gasteiger partial charge in [-0.25, -0.2) is 14.6 Å². The van der Waals surface area contributed by atoms with Crippen molar-refractivity contribution in [2.45, 2.75) is 89.7 Å². The largest absolute Gasteiger partial charge is 0.497 e. The van der Waals surface area contributed by atoms with Gasteiger partial charge in [0.1, 0.15) is 17.6 Å². The van der Waals surface area contributed by atoms with Crippen molar-refractivity contribution in [1.29, 1.82) is 5.26 Å². The number of hydrogen-bond donors (Lipinski definition) is 2. The van der Waals surface area contributed by atoms with Gasteiger partial charge in [0.2, 0.25) is 5.95 Å². The second kappa shape index (κ2) is 20.5. The van der Waals surface area contributed by atoms with E-state index in [4.69, 9.17) is 23.3 Å². The Labute approximate surface area is 352 Å². The number of methoxy groups -OCH3 is 1. The fourth-order valence-corrected chi connectivity index (χ4v) is 9.19. The highest BCUT2D eigenvalue weighted by Gasteiger charge is 2.43. The van der Waals surface area contributed by atoms with Gasteiger partial charge in [-0.1, -0.05) is 66.7 Å². The number of aliphatic hydroxyl groups is 1. The average Bonchev–Trinajstić information content (AvgIpc) is 3.86. The van der Waals surface area contributed by atoms with Gasteiger partial charge in [0.05, 0.1) is 64.3 Å². The van der Waals surface area contributed by atoms with Crippen LogP contribution in [-0.2, 0) is 30.7 Å². The molecule has 2 aromatic heterocycles. The molecule has 0 spiro atoms. The highest BCUT2D eigenvalue weighted by Crippen LogP contribution is 2.51. The predicted octanol–water partition coefficient (Wildman–Crippen LogP) is 7.19. The van der Waals surface area contributed by atoms with Gasteiger partial charge in [0.25, 0.3) is 14.1 Å². The van der Waals surface area contributed by atoms with Crippen molar-refractivity contribution in [1.82, 2.24) is 29.1 Å². The Bertz CT molecular complexity index is 2200. The standard InChI is InChI=1S/C44H55N8O7P/c1-30(2)52(31(3)4)60(57-24-11-23-45)59-38-26-39(51-29-46-40-41(51)48-43(49-42(40)54)47-28-50(5)6)58-37(38)22-25-56-44(33-12-9-8-10-13-33,34-16-14-32(27-53)15-17-34)35-18-20-36(55-7)21-19-35/h8-10,12-21,28-31,37-39,53H,11,22,24-27H2,1-7H3,(H,48,49,54)/b47-28+/t37-,38-,39-,44?,60?/m1/s1. The van der Waals surface area contributed by atoms with E-state index in [0.717, 1.165) is 22.3 Å². The van der Waals surface area contributed by atoms with Crippen LogP contribution in [0.4, 0.5) is 5.95 Å². The molecule has 318 valence electrons. The number of nitrogens with zero attached hydrogens (tertiary/aromatic N) is 7. The molecule has 0 aliphatic carbocycles. The Hall–Kier alpha value is -5.04. The highest BCUT2D eigenvalue weighted by molar-refractivity contribution is 7.44. The molecular weight excluding hydrogens is 784 g/mol. The number of H-pyrrole nitrogens is 1. The lowest BCUT2D eigenvalue weighted by atomic mass is 9.79. The number of aliphatic hydroxyl groups excluding tert-OH is 1. The van der Waals surface area contributed by atoms with Crippen molar-refractivity contribution < 1.29 is 28.4 Å². The first kappa shape index (κ1) is 44.5. The predicted molar refractivity (Wildman–Crippen MR) is 231 cm³/mol. The molecule has 16 heteroatoms. The summed E-state index contributed by atoms with van der Waals surface area (Å²) in [4.78, 5) is 31.0. The van der Waals surface area contributed by atoms with E-state index in [2.05, 4.69) is 58.4 Å². The summed E-state index contributed by atoms with van der Waals surface area (Å²) >= 11 is 0. The van der Waals surface area contributed by atoms with Crippen LogP contribution in [0.5, 0.6) is 5.75 Å². The molecular formula is C44H55N8O7P. The van der Waals surface area contributed by atoms with Crippen LogP contribution in [0.1, 0.15) is 75.4 Å². The van der Waals surface area contributed by atoms with Crippen LogP contribution in [0, 0.1) is 11.3 Å². The van der Waals surface area contributed by atoms with Crippen LogP contribution in [-0.4, -0.2) is 99.2 Å². The number of rotatable bonds is 20. The number of aromatic nitrogens is 4. The molecule has 0 amide bonds. The fourth-order valence-electron chi connectivity index (χ4n) is 7.43. The van der Waals surface area contributed by atoms with Crippen molar-refractivity contribution >= 4 is 32.0 Å². The lowest BCUT2D eigenvalue weighted by molar-refractivity contribution is -0.0513. The summed E-state index contributed by atoms with van der Waals surface area (Å²) in [6.07, 6.45) is 2.52. The summed E-state index contributed by atoms with van der Waals surface area (Å²) in [5, 5.41) is 19.3. The Morgan fingerprint density at radius 1 is 1.03 bits per heavy atom. The zero-order valence-electron chi connectivity index (χ0n) is 35.3. The summed E-state index contributed by atoms with van der Waals surface area (Å²) in [7, 11) is 3.66. The Morgan fingerprint density at radius 2 is 1.70 bits per heavy atom. The first-order valence-electron chi connectivity index (χ1n) is 20.1. The Balaban J connectivity index is 1.39. The highest BCUT2D eigenvalue weighted by atomic mass is 31.2. The number of ether oxygens (including phenoxy) is 3. The van der Waals surface area contributed by atoms with Crippen molar-refractivity contribution in [2.24, 2.45) is 4.99 Å². The van der Waals surface area contributed by atoms with Crippen LogP contribution >= 0.6 is 8.53 Å². The summed E-state index contributed by atoms with van der Waals surface area (Å²) in [6, 6.07) is 28.0. The SMILES string of the molecule is COc1ccc(C(OCC[C@H]2O[C@@H](n3cnc4c(=O)[nH]c(/N=C/N(C)C)nc43)C[C@H]2OP(OCCC#N)N(C(C)C)C(C)C)(c2ccccc2)c2ccc(CO)cc2)cc1. The molecule has 0 bridgehead atoms. The van der Waals surface area contributed by atoms with E-state index < -0.39 is 38.1 Å². The first-order chi connectivity index (χ1) is 29.0. The molecule has 15 nitrogen and oxygen atoms in total. The minimum Gasteiger partial charge on any atom is -0.497 e. The number of nitriles is 1. The van der Waals surface area contributed by atoms with E-state index in [-0.39, 0.29) is 49.8 Å². The van der Waals surface area contributed by atoms with Crippen LogP contribution < -0.4 is 10.3 Å². The molecule has 3 aromatic carbocycles. The third kappa shape index (κ3) is 10.1. The maximum atomic E-state index is 13.1. The van der Waals surface area contributed by atoms with Crippen LogP contribution in [0.25, 0.3) is 11.2 Å². The molecule has 1 saturated heterocycles. The minimum absolute atomic E-state index is 0.0842. The maximum absolute atomic E-state index is 13.1. The molecule has 1 aliphatic heterocycles. The third-order valence-corrected chi connectivity index (χ3v) is 12.3. The molecule has 0 saturated carbocycles. The number of hydrogen-bond acceptors (Lipinski definition) is 12. The van der Waals surface area contributed by atoms with E-state index >= 15 is 0 Å². The quantitative estimate of drug-likeness (QED) is 0.0266. The van der Waals surface area contributed by atoms with E-state index in [9.17, 15) is 15.2 Å². The Morgan fingerprint density at radius 3 is 2.32 bits per heavy atom. The van der Waals surface area contributed by atoms with Gasteiger partial charge in [-0.05, 0) is 68.5 Å². The smallest absolute Gasteiger partial charge is 0.280 e. The van der Waals surface area contributed by atoms with Crippen LogP contribution in [0.2, 0.25) is 0 Å². The van der Waals surface area contributed by atoms with E-state index in [1.165, 1.54) is 0 Å². The van der Waals surface area contributed by atoms with Crippen molar-refractivity contribution in [3.8, 4) is 11.8 Å². The normalized spacial score (nSPS) is 18.4. The number of nitrogens with one attached hydrogen (secondary N) is 1. The first-order valence-corrected chi connectivity index (χ1v) is 21.2. The van der Waals surface area contributed by atoms with Gasteiger partial charge in [0, 0.05) is 32.6 Å². The maximum Gasteiger partial charge on any atom is 0.280 e. The zero-order chi connectivity index (χ0) is 42.8. The van der Waals surface area contributed by atoms with Crippen LogP contribution in [0.15, 0.2) is 95.0 Å². The van der Waals surface area contributed by atoms with Crippen molar-refractivity contribution in [2.75, 3.05) is 34.4 Å². The average molecular weight is 839 g/mol. The van der Waals surface area contributed by atoms with Gasteiger partial charge in [0.15, 0.2) is 11.2 Å². The summed E-state index contributed by atoms with van der Waals surface area (Å²) in [5.41, 5.74) is 2.48. The number of benzene rings is 3. The van der Waals surface area contributed by atoms with Gasteiger partial charge in [-0.15, -0.1) is 0 Å². The number of aliphatic imine (C=N–C) groups is 1. The van der Waals surface area contributed by atoms with E-state index in [1.807, 2.05) is 93.0 Å². The monoisotopic (exact) mass is 838 g/mol. The van der Waals surface area contributed by atoms with Gasteiger partial charge >= 0.3 is 0 Å². The number of imidazole rings is 1. The molecule has 1 fully saturated rings. The second-order valence-corrected chi connectivity index (χ2v) is 16.7. The second-order valence-electron chi connectivity index (χ2n) is 15.2. The minimum atomic E-state index is -1.63. The fraction of sp³-hybridized carbons (Fsp3) is 0.432. The van der Waals surface area contributed by atoms with Crippen molar-refractivity contribution in [3.05, 3.63) is 118 Å². The molecule has 60 heavy (non-hydrogen) atoms. The third-order valence-electron chi connectivity index (χ3n) is 10.2. The molecule has 3 heterocycles. The number of fused-ring (bicyclic) bond motifs is 1. The molecule has 0 radical (unpaired) electrons. The van der Waals surface area contributed by atoms with Gasteiger partial charge in [-0.2, -0.15) is 10.2 Å². The van der Waals surface area contributed by atoms with Crippen molar-refractivity contribution in [3.63, 3.8) is 0 Å². The molecule has 2 unspecified atom stereocenters. The molecule has 5 aromatic rings. The molecule has 6 rings (SSSR count). The van der Waals surface area contributed by atoms with Gasteiger partial charge < -0.3 is 33.3 Å². The summed E-state index contributed by atoms with van der Waals surface area (Å²) in [6.45, 7) is 8.75. The van der Waals surface area contributed by atoms with E-state index in [1.54, 1.807) is 29.2 Å². The molecule has 2 N–H and O–H groups in total. The molecule has 1 aliphatic rings. The summed E-state index contributed by atoms with van der Waals surface area (Å²) < 4.78 is 36.9. The topological polar surface area (TPSA) is 173 Å². The number of aromatic amines is 1. The zero-order valence-corrected chi connectivity index (χ0v) is 36.2. The van der Waals surface area contributed by atoms with Crippen LogP contribution in [0.3, 0.4) is 0 Å². The van der Waals surface area contributed by atoms with E-state index in [0.29, 0.717) is 24.2 Å².